The monoisotopic (exact) mass is 326 g/mol. The third-order valence-corrected chi connectivity index (χ3v) is 3.94. The highest BCUT2D eigenvalue weighted by Crippen LogP contribution is 2.21. The zero-order valence-corrected chi connectivity index (χ0v) is 12.0. The summed E-state index contributed by atoms with van der Waals surface area (Å²) in [6.07, 6.45) is 0. The summed E-state index contributed by atoms with van der Waals surface area (Å²) in [7, 11) is 1.71. The fourth-order valence-electron chi connectivity index (χ4n) is 1.55. The maximum absolute atomic E-state index is 12.1. The van der Waals surface area contributed by atoms with Crippen molar-refractivity contribution < 1.29 is 4.79 Å². The van der Waals surface area contributed by atoms with Gasteiger partial charge < -0.3 is 9.88 Å². The second-order valence-corrected chi connectivity index (χ2v) is 6.14. The number of H-pyrrole nitrogens is 1. The molecular weight excluding hydrogens is 316 g/mol. The number of halogens is 1. The molecule has 1 amide bonds. The van der Waals surface area contributed by atoms with Gasteiger partial charge in [0.15, 0.2) is 0 Å². The predicted octanol–water partition coefficient (Wildman–Crippen LogP) is 2.47. The molecule has 0 atom stereocenters. The summed E-state index contributed by atoms with van der Waals surface area (Å²) >= 11 is 4.96. The molecule has 0 saturated carbocycles. The van der Waals surface area contributed by atoms with Crippen LogP contribution in [0.1, 0.15) is 16.1 Å². The van der Waals surface area contributed by atoms with Crippen LogP contribution in [0.5, 0.6) is 0 Å². The smallest absolute Gasteiger partial charge is 0.270 e. The molecule has 0 fully saturated rings. The molecule has 0 aliphatic rings. The van der Waals surface area contributed by atoms with Crippen LogP contribution in [0.2, 0.25) is 0 Å². The Labute approximate surface area is 116 Å². The van der Waals surface area contributed by atoms with Crippen LogP contribution in [0, 0.1) is 0 Å². The summed E-state index contributed by atoms with van der Waals surface area (Å²) in [5.74, 6) is -0.199. The first kappa shape index (κ1) is 13.0. The fourth-order valence-corrected chi connectivity index (χ4v) is 2.75. The number of nitrogens with zero attached hydrogens (tertiary/aromatic N) is 1. The Morgan fingerprint density at radius 1 is 1.50 bits per heavy atom. The van der Waals surface area contributed by atoms with Crippen LogP contribution >= 0.6 is 27.3 Å². The first-order valence-corrected chi connectivity index (χ1v) is 6.91. The first-order chi connectivity index (χ1) is 8.56. The highest BCUT2D eigenvalue weighted by molar-refractivity contribution is 9.11. The molecule has 6 heteroatoms. The normalized spacial score (nSPS) is 10.3. The largest absolute Gasteiger partial charge is 0.336 e. The lowest BCUT2D eigenvalue weighted by atomic mass is 10.3. The van der Waals surface area contributed by atoms with E-state index in [9.17, 15) is 9.59 Å². The Morgan fingerprint density at radius 2 is 2.28 bits per heavy atom. The Morgan fingerprint density at radius 3 is 2.89 bits per heavy atom. The van der Waals surface area contributed by atoms with Gasteiger partial charge in [-0.05, 0) is 39.0 Å². The highest BCUT2D eigenvalue weighted by Gasteiger charge is 2.13. The van der Waals surface area contributed by atoms with Gasteiger partial charge in [0.2, 0.25) is 5.56 Å². The number of hydrogen-bond acceptors (Lipinski definition) is 3. The second-order valence-electron chi connectivity index (χ2n) is 3.85. The van der Waals surface area contributed by atoms with Crippen molar-refractivity contribution in [1.82, 2.24) is 9.88 Å². The van der Waals surface area contributed by atoms with Gasteiger partial charge >= 0.3 is 0 Å². The molecule has 0 radical (unpaired) electrons. The lowest BCUT2D eigenvalue weighted by molar-refractivity contribution is 0.0779. The molecule has 0 unspecified atom stereocenters. The molecule has 94 valence electrons. The number of carbonyl (C=O) groups excluding carboxylic acids is 1. The number of carbonyl (C=O) groups is 1. The van der Waals surface area contributed by atoms with Gasteiger partial charge in [-0.25, -0.2) is 0 Å². The van der Waals surface area contributed by atoms with Crippen molar-refractivity contribution in [2.45, 2.75) is 6.54 Å². The van der Waals surface area contributed by atoms with Gasteiger partial charge in [0.1, 0.15) is 5.69 Å². The number of thiophene rings is 1. The zero-order valence-electron chi connectivity index (χ0n) is 9.64. The number of amides is 1. The molecule has 4 nitrogen and oxygen atoms in total. The molecule has 1 N–H and O–H groups in total. The van der Waals surface area contributed by atoms with Gasteiger partial charge in [0.25, 0.3) is 5.91 Å². The van der Waals surface area contributed by atoms with Crippen molar-refractivity contribution in [3.05, 3.63) is 55.0 Å². The summed E-state index contributed by atoms with van der Waals surface area (Å²) in [6.45, 7) is 0.512. The van der Waals surface area contributed by atoms with E-state index in [1.54, 1.807) is 35.4 Å². The molecule has 2 rings (SSSR count). The minimum atomic E-state index is -0.271. The van der Waals surface area contributed by atoms with Gasteiger partial charge in [0.05, 0.1) is 3.79 Å². The average Bonchev–Trinajstić information content (AvgIpc) is 2.73. The van der Waals surface area contributed by atoms with Crippen molar-refractivity contribution in [2.24, 2.45) is 0 Å². The summed E-state index contributed by atoms with van der Waals surface area (Å²) < 4.78 is 1.03. The first-order valence-electron chi connectivity index (χ1n) is 5.24. The van der Waals surface area contributed by atoms with Crippen molar-refractivity contribution in [1.29, 1.82) is 0 Å². The van der Waals surface area contributed by atoms with Gasteiger partial charge in [0, 0.05) is 19.7 Å². The minimum Gasteiger partial charge on any atom is -0.336 e. The van der Waals surface area contributed by atoms with Gasteiger partial charge in [-0.3, -0.25) is 9.59 Å². The van der Waals surface area contributed by atoms with Crippen LogP contribution in [-0.2, 0) is 6.54 Å². The number of nitrogens with one attached hydrogen (secondary N) is 1. The molecular formula is C12H11BrN2O2S. The third kappa shape index (κ3) is 3.08. The molecule has 0 saturated heterocycles. The molecule has 0 aliphatic heterocycles. The standard InChI is InChI=1S/C12H11BrN2O2S/c1-15(6-8-5-10(13)18-7-8)12(17)9-3-2-4-11(16)14-9/h2-5,7H,6H2,1H3,(H,14,16). The Bertz CT molecular complexity index is 620. The molecule has 2 aromatic heterocycles. The van der Waals surface area contributed by atoms with Crippen molar-refractivity contribution >= 4 is 33.2 Å². The van der Waals surface area contributed by atoms with Gasteiger partial charge in [-0.2, -0.15) is 0 Å². The van der Waals surface area contributed by atoms with Crippen molar-refractivity contribution in [3.8, 4) is 0 Å². The summed E-state index contributed by atoms with van der Waals surface area (Å²) in [6, 6.07) is 6.53. The number of pyridine rings is 1. The molecule has 18 heavy (non-hydrogen) atoms. The van der Waals surface area contributed by atoms with Crippen LogP contribution in [0.3, 0.4) is 0 Å². The maximum Gasteiger partial charge on any atom is 0.270 e. The van der Waals surface area contributed by atoms with Crippen LogP contribution in [-0.4, -0.2) is 22.8 Å². The third-order valence-electron chi connectivity index (χ3n) is 2.39. The van der Waals surface area contributed by atoms with Crippen LogP contribution < -0.4 is 5.56 Å². The number of aromatic nitrogens is 1. The average molecular weight is 327 g/mol. The van der Waals surface area contributed by atoms with E-state index in [1.165, 1.54) is 6.07 Å². The molecule has 0 aromatic carbocycles. The Balaban J connectivity index is 2.11. The van der Waals surface area contributed by atoms with E-state index in [1.807, 2.05) is 11.4 Å². The van der Waals surface area contributed by atoms with E-state index in [2.05, 4.69) is 20.9 Å². The maximum atomic E-state index is 12.1. The van der Waals surface area contributed by atoms with E-state index < -0.39 is 0 Å². The molecule has 2 aromatic rings. The number of rotatable bonds is 3. The van der Waals surface area contributed by atoms with E-state index in [0.29, 0.717) is 12.2 Å². The highest BCUT2D eigenvalue weighted by atomic mass is 79.9. The molecule has 2 heterocycles. The molecule has 0 bridgehead atoms. The number of hydrogen-bond donors (Lipinski definition) is 1. The molecule has 0 aliphatic carbocycles. The zero-order chi connectivity index (χ0) is 13.1. The SMILES string of the molecule is CN(Cc1csc(Br)c1)C(=O)c1cccc(=O)[nH]1. The van der Waals surface area contributed by atoms with Gasteiger partial charge in [-0.15, -0.1) is 11.3 Å². The number of aromatic amines is 1. The van der Waals surface area contributed by atoms with Gasteiger partial charge in [-0.1, -0.05) is 6.07 Å². The minimum absolute atomic E-state index is 0.199. The summed E-state index contributed by atoms with van der Waals surface area (Å²) in [5.41, 5.74) is 1.09. The predicted molar refractivity (Wildman–Crippen MR) is 74.9 cm³/mol. The van der Waals surface area contributed by atoms with Crippen LogP contribution in [0.4, 0.5) is 0 Å². The van der Waals surface area contributed by atoms with Crippen molar-refractivity contribution in [3.63, 3.8) is 0 Å². The van der Waals surface area contributed by atoms with Crippen LogP contribution in [0.25, 0.3) is 0 Å². The summed E-state index contributed by atoms with van der Waals surface area (Å²) in [5, 5.41) is 1.99. The fraction of sp³-hybridized carbons (Fsp3) is 0.167. The van der Waals surface area contributed by atoms with Crippen molar-refractivity contribution in [2.75, 3.05) is 7.05 Å². The Hall–Kier alpha value is -1.40. The van der Waals surface area contributed by atoms with Crippen LogP contribution in [0.15, 0.2) is 38.2 Å². The van der Waals surface area contributed by atoms with E-state index >= 15 is 0 Å². The van der Waals surface area contributed by atoms with E-state index in [4.69, 9.17) is 0 Å². The lowest BCUT2D eigenvalue weighted by Gasteiger charge is -2.15. The quantitative estimate of drug-likeness (QED) is 0.942. The van der Waals surface area contributed by atoms with E-state index in [0.717, 1.165) is 9.35 Å². The lowest BCUT2D eigenvalue weighted by Crippen LogP contribution is -2.28. The summed E-state index contributed by atoms with van der Waals surface area (Å²) in [4.78, 5) is 27.3. The Kier molecular flexibility index (Phi) is 3.98. The second kappa shape index (κ2) is 5.49. The molecule has 0 spiro atoms. The van der Waals surface area contributed by atoms with E-state index in [-0.39, 0.29) is 11.5 Å². The topological polar surface area (TPSA) is 53.2 Å².